The van der Waals surface area contributed by atoms with Gasteiger partial charge in [0.2, 0.25) is 0 Å². The van der Waals surface area contributed by atoms with Gasteiger partial charge in [0.1, 0.15) is 17.8 Å². The van der Waals surface area contributed by atoms with E-state index in [2.05, 4.69) is 15.5 Å². The first-order valence-corrected chi connectivity index (χ1v) is 5.45. The van der Waals surface area contributed by atoms with Gasteiger partial charge in [-0.05, 0) is 24.3 Å². The van der Waals surface area contributed by atoms with Gasteiger partial charge >= 0.3 is 0 Å². The van der Waals surface area contributed by atoms with Crippen LogP contribution in [0.25, 0.3) is 0 Å². The standard InChI is InChI=1S/C13H7N5O2/c14-6-8-1-2-10(5-9(8)7-15)16-13(20)11-3-4-12(19)18-17-11/h1-5H,(H,16,20)(H,18,19). The molecule has 0 saturated carbocycles. The van der Waals surface area contributed by atoms with Crippen LogP contribution in [0, 0.1) is 22.7 Å². The highest BCUT2D eigenvalue weighted by atomic mass is 16.2. The second-order valence-electron chi connectivity index (χ2n) is 3.74. The van der Waals surface area contributed by atoms with E-state index in [0.717, 1.165) is 0 Å². The van der Waals surface area contributed by atoms with Gasteiger partial charge in [0.15, 0.2) is 0 Å². The number of rotatable bonds is 2. The maximum absolute atomic E-state index is 11.8. The number of carbonyl (C=O) groups is 1. The predicted octanol–water partition coefficient (Wildman–Crippen LogP) is 0.766. The number of hydrogen-bond acceptors (Lipinski definition) is 5. The SMILES string of the molecule is N#Cc1ccc(NC(=O)c2ccc(=O)[nH]n2)cc1C#N. The van der Waals surface area contributed by atoms with Gasteiger partial charge in [-0.25, -0.2) is 5.10 Å². The van der Waals surface area contributed by atoms with Crippen LogP contribution in [0.1, 0.15) is 21.6 Å². The fourth-order valence-corrected chi connectivity index (χ4v) is 1.48. The summed E-state index contributed by atoms with van der Waals surface area (Å²) in [6, 6.07) is 10.5. The number of nitrogens with one attached hydrogen (secondary N) is 2. The quantitative estimate of drug-likeness (QED) is 0.830. The van der Waals surface area contributed by atoms with E-state index in [0.29, 0.717) is 5.69 Å². The Kier molecular flexibility index (Phi) is 3.55. The van der Waals surface area contributed by atoms with Gasteiger partial charge in [-0.15, -0.1) is 0 Å². The summed E-state index contributed by atoms with van der Waals surface area (Å²) in [6.45, 7) is 0. The zero-order chi connectivity index (χ0) is 14.5. The van der Waals surface area contributed by atoms with E-state index in [1.54, 1.807) is 0 Å². The topological polar surface area (TPSA) is 122 Å². The summed E-state index contributed by atoms with van der Waals surface area (Å²) >= 11 is 0. The molecular formula is C13H7N5O2. The Morgan fingerprint density at radius 2 is 1.90 bits per heavy atom. The Bertz CT molecular complexity index is 790. The van der Waals surface area contributed by atoms with Gasteiger partial charge in [-0.1, -0.05) is 0 Å². The molecule has 0 fully saturated rings. The number of benzene rings is 1. The number of nitriles is 2. The van der Waals surface area contributed by atoms with Crippen LogP contribution in [-0.4, -0.2) is 16.1 Å². The van der Waals surface area contributed by atoms with Crippen LogP contribution < -0.4 is 10.9 Å². The van der Waals surface area contributed by atoms with Crippen molar-refractivity contribution in [1.29, 1.82) is 10.5 Å². The number of aromatic amines is 1. The first-order chi connectivity index (χ1) is 9.63. The summed E-state index contributed by atoms with van der Waals surface area (Å²) in [4.78, 5) is 22.7. The minimum atomic E-state index is -0.533. The normalized spacial score (nSPS) is 9.30. The molecule has 1 heterocycles. The average molecular weight is 265 g/mol. The maximum Gasteiger partial charge on any atom is 0.276 e. The summed E-state index contributed by atoms with van der Waals surface area (Å²) in [5.41, 5.74) is 0.380. The summed E-state index contributed by atoms with van der Waals surface area (Å²) in [7, 11) is 0. The van der Waals surface area contributed by atoms with Gasteiger partial charge in [-0.2, -0.15) is 15.6 Å². The van der Waals surface area contributed by atoms with Crippen molar-refractivity contribution in [2.75, 3.05) is 5.32 Å². The molecule has 2 aromatic rings. The molecule has 7 heteroatoms. The molecule has 0 radical (unpaired) electrons. The molecule has 1 aromatic carbocycles. The number of hydrogen-bond donors (Lipinski definition) is 2. The third-order valence-corrected chi connectivity index (χ3v) is 2.43. The highest BCUT2D eigenvalue weighted by Gasteiger charge is 2.09. The lowest BCUT2D eigenvalue weighted by atomic mass is 10.1. The van der Waals surface area contributed by atoms with Crippen LogP contribution in [0.4, 0.5) is 5.69 Å². The number of anilines is 1. The smallest absolute Gasteiger partial charge is 0.276 e. The molecule has 0 unspecified atom stereocenters. The van der Waals surface area contributed by atoms with E-state index in [1.807, 2.05) is 12.1 Å². The number of carbonyl (C=O) groups excluding carboxylic acids is 1. The number of nitrogens with zero attached hydrogens (tertiary/aromatic N) is 3. The van der Waals surface area contributed by atoms with E-state index in [4.69, 9.17) is 10.5 Å². The predicted molar refractivity (Wildman–Crippen MR) is 68.7 cm³/mol. The van der Waals surface area contributed by atoms with E-state index in [9.17, 15) is 9.59 Å². The van der Waals surface area contributed by atoms with Gasteiger partial charge in [-0.3, -0.25) is 9.59 Å². The minimum absolute atomic E-state index is 0.0347. The second-order valence-corrected chi connectivity index (χ2v) is 3.74. The number of H-pyrrole nitrogens is 1. The van der Waals surface area contributed by atoms with Crippen LogP contribution >= 0.6 is 0 Å². The van der Waals surface area contributed by atoms with E-state index in [-0.39, 0.29) is 16.8 Å². The number of aromatic nitrogens is 2. The molecule has 7 nitrogen and oxygen atoms in total. The molecule has 1 amide bonds. The van der Waals surface area contributed by atoms with E-state index in [1.165, 1.54) is 30.3 Å². The van der Waals surface area contributed by atoms with Crippen molar-refractivity contribution in [3.05, 3.63) is 57.5 Å². The minimum Gasteiger partial charge on any atom is -0.321 e. The molecule has 0 bridgehead atoms. The van der Waals surface area contributed by atoms with Gasteiger partial charge in [0, 0.05) is 11.8 Å². The van der Waals surface area contributed by atoms with Gasteiger partial charge < -0.3 is 5.32 Å². The monoisotopic (exact) mass is 265 g/mol. The molecule has 2 N–H and O–H groups in total. The van der Waals surface area contributed by atoms with Gasteiger partial charge in [0.05, 0.1) is 11.1 Å². The summed E-state index contributed by atoms with van der Waals surface area (Å²) in [5, 5.41) is 25.9. The van der Waals surface area contributed by atoms with Crippen molar-refractivity contribution in [2.24, 2.45) is 0 Å². The summed E-state index contributed by atoms with van der Waals surface area (Å²) < 4.78 is 0. The lowest BCUT2D eigenvalue weighted by Gasteiger charge is -2.05. The first-order valence-electron chi connectivity index (χ1n) is 5.45. The van der Waals surface area contributed by atoms with Crippen molar-refractivity contribution in [2.45, 2.75) is 0 Å². The molecule has 0 spiro atoms. The zero-order valence-electron chi connectivity index (χ0n) is 10.0. The average Bonchev–Trinajstić information content (AvgIpc) is 2.47. The van der Waals surface area contributed by atoms with Crippen molar-refractivity contribution in [3.63, 3.8) is 0 Å². The Balaban J connectivity index is 2.25. The largest absolute Gasteiger partial charge is 0.321 e. The molecule has 2 rings (SSSR count). The Labute approximate surface area is 113 Å². The third-order valence-electron chi connectivity index (χ3n) is 2.43. The van der Waals surface area contributed by atoms with Crippen molar-refractivity contribution in [1.82, 2.24) is 10.2 Å². The van der Waals surface area contributed by atoms with E-state index >= 15 is 0 Å². The number of amides is 1. The highest BCUT2D eigenvalue weighted by molar-refractivity contribution is 6.02. The zero-order valence-corrected chi connectivity index (χ0v) is 10.0. The van der Waals surface area contributed by atoms with Crippen LogP contribution in [0.2, 0.25) is 0 Å². The third kappa shape index (κ3) is 2.68. The van der Waals surface area contributed by atoms with Crippen molar-refractivity contribution < 1.29 is 4.79 Å². The molecular weight excluding hydrogens is 258 g/mol. The fraction of sp³-hybridized carbons (Fsp3) is 0. The Hall–Kier alpha value is -3.45. The molecule has 0 aliphatic heterocycles. The first kappa shape index (κ1) is 13.0. The van der Waals surface area contributed by atoms with Gasteiger partial charge in [0.25, 0.3) is 11.5 Å². The molecule has 96 valence electrons. The maximum atomic E-state index is 11.8. The summed E-state index contributed by atoms with van der Waals surface area (Å²) in [5.74, 6) is -0.533. The highest BCUT2D eigenvalue weighted by Crippen LogP contribution is 2.15. The second kappa shape index (κ2) is 5.46. The molecule has 0 aliphatic carbocycles. The molecule has 1 aromatic heterocycles. The van der Waals surface area contributed by atoms with Crippen LogP contribution in [0.3, 0.4) is 0 Å². The van der Waals surface area contributed by atoms with Crippen LogP contribution in [0.15, 0.2) is 35.1 Å². The van der Waals surface area contributed by atoms with Crippen molar-refractivity contribution in [3.8, 4) is 12.1 Å². The molecule has 0 atom stereocenters. The lowest BCUT2D eigenvalue weighted by Crippen LogP contribution is -2.17. The lowest BCUT2D eigenvalue weighted by molar-refractivity contribution is 0.102. The Morgan fingerprint density at radius 1 is 1.15 bits per heavy atom. The van der Waals surface area contributed by atoms with Crippen LogP contribution in [-0.2, 0) is 0 Å². The van der Waals surface area contributed by atoms with Crippen LogP contribution in [0.5, 0.6) is 0 Å². The van der Waals surface area contributed by atoms with E-state index < -0.39 is 11.5 Å². The molecule has 20 heavy (non-hydrogen) atoms. The molecule has 0 saturated heterocycles. The summed E-state index contributed by atoms with van der Waals surface area (Å²) in [6.07, 6.45) is 0. The Morgan fingerprint density at radius 3 is 2.50 bits per heavy atom. The molecule has 0 aliphatic rings. The fourth-order valence-electron chi connectivity index (χ4n) is 1.48. The van der Waals surface area contributed by atoms with Crippen molar-refractivity contribution >= 4 is 11.6 Å².